The zero-order valence-electron chi connectivity index (χ0n) is 8.20. The molecule has 0 radical (unpaired) electrons. The van der Waals surface area contributed by atoms with Crippen LogP contribution >= 0.6 is 27.5 Å². The van der Waals surface area contributed by atoms with Crippen LogP contribution in [0.2, 0.25) is 0 Å². The molecule has 1 aromatic carbocycles. The number of Topliss-reactive ketones (excluding diaryl/α,β-unsaturated/α-hetero) is 1. The number of benzene rings is 1. The van der Waals surface area contributed by atoms with Crippen molar-refractivity contribution in [2.45, 2.75) is 0 Å². The van der Waals surface area contributed by atoms with Crippen LogP contribution < -0.4 is 4.74 Å². The maximum Gasteiger partial charge on any atom is 0.284 e. The number of nitro groups is 1. The Balaban J connectivity index is 3.46. The van der Waals surface area contributed by atoms with Gasteiger partial charge in [-0.25, -0.2) is 0 Å². The Bertz CT molecular complexity index is 449. The van der Waals surface area contributed by atoms with Gasteiger partial charge in [0.2, 0.25) is 0 Å². The van der Waals surface area contributed by atoms with Crippen LogP contribution in [0.4, 0.5) is 5.69 Å². The first-order chi connectivity index (χ1) is 7.52. The van der Waals surface area contributed by atoms with Crippen molar-refractivity contribution >= 4 is 39.0 Å². The Kier molecular flexibility index (Phi) is 4.26. The highest BCUT2D eigenvalue weighted by molar-refractivity contribution is 9.10. The molecule has 0 aliphatic heterocycles. The van der Waals surface area contributed by atoms with Crippen molar-refractivity contribution in [2.24, 2.45) is 0 Å². The highest BCUT2D eigenvalue weighted by Gasteiger charge is 2.23. The fraction of sp³-hybridized carbons (Fsp3) is 0.222. The predicted molar refractivity (Wildman–Crippen MR) is 62.4 cm³/mol. The molecule has 7 heteroatoms. The van der Waals surface area contributed by atoms with Gasteiger partial charge in [0.05, 0.1) is 23.5 Å². The molecule has 1 rings (SSSR count). The molecule has 0 atom stereocenters. The van der Waals surface area contributed by atoms with Gasteiger partial charge in [-0.15, -0.1) is 11.6 Å². The van der Waals surface area contributed by atoms with Crippen LogP contribution in [-0.4, -0.2) is 23.7 Å². The van der Waals surface area contributed by atoms with Crippen LogP contribution in [0, 0.1) is 10.1 Å². The highest BCUT2D eigenvalue weighted by Crippen LogP contribution is 2.35. The van der Waals surface area contributed by atoms with E-state index in [1.807, 2.05) is 0 Å². The molecule has 0 heterocycles. The molecule has 0 N–H and O–H groups in total. The lowest BCUT2D eigenvalue weighted by Crippen LogP contribution is -2.06. The Labute approximate surface area is 105 Å². The van der Waals surface area contributed by atoms with Crippen molar-refractivity contribution in [3.05, 3.63) is 32.3 Å². The molecule has 0 bridgehead atoms. The molecule has 86 valence electrons. The predicted octanol–water partition coefficient (Wildman–Crippen LogP) is 2.79. The van der Waals surface area contributed by atoms with E-state index in [0.29, 0.717) is 0 Å². The second kappa shape index (κ2) is 5.27. The average molecular weight is 309 g/mol. The summed E-state index contributed by atoms with van der Waals surface area (Å²) < 4.78 is 5.04. The summed E-state index contributed by atoms with van der Waals surface area (Å²) in [5.41, 5.74) is -0.110. The minimum absolute atomic E-state index is 0.0856. The minimum atomic E-state index is -0.589. The molecule has 0 spiro atoms. The fourth-order valence-corrected chi connectivity index (χ4v) is 2.01. The average Bonchev–Trinajstić information content (AvgIpc) is 2.26. The zero-order valence-corrected chi connectivity index (χ0v) is 10.5. The van der Waals surface area contributed by atoms with Crippen molar-refractivity contribution in [2.75, 3.05) is 13.0 Å². The van der Waals surface area contributed by atoms with Gasteiger partial charge in [-0.1, -0.05) is 0 Å². The van der Waals surface area contributed by atoms with E-state index in [-0.39, 0.29) is 27.4 Å². The number of hydrogen-bond donors (Lipinski definition) is 0. The first kappa shape index (κ1) is 12.9. The number of ether oxygens (including phenoxy) is 1. The van der Waals surface area contributed by atoms with E-state index < -0.39 is 10.7 Å². The summed E-state index contributed by atoms with van der Waals surface area (Å²) in [5.74, 6) is -0.451. The second-order valence-corrected chi connectivity index (χ2v) is 3.85. The van der Waals surface area contributed by atoms with Gasteiger partial charge in [0, 0.05) is 6.07 Å². The van der Waals surface area contributed by atoms with Crippen LogP contribution in [0.1, 0.15) is 10.4 Å². The molecular weight excluding hydrogens is 301 g/mol. The summed E-state index contributed by atoms with van der Waals surface area (Å²) in [6, 6.07) is 2.62. The van der Waals surface area contributed by atoms with E-state index in [0.717, 1.165) is 0 Å². The Morgan fingerprint density at radius 2 is 2.25 bits per heavy atom. The highest BCUT2D eigenvalue weighted by atomic mass is 79.9. The number of ketones is 1. The topological polar surface area (TPSA) is 69.4 Å². The standard InChI is InChI=1S/C9H7BrClNO4/c1-16-7-3-2-5(12(14)15)9(10)8(7)6(13)4-11/h2-3H,4H2,1H3. The summed E-state index contributed by atoms with van der Waals surface area (Å²) in [6.45, 7) is 0. The molecule has 0 aliphatic carbocycles. The van der Waals surface area contributed by atoms with Crippen molar-refractivity contribution < 1.29 is 14.5 Å². The third-order valence-corrected chi connectivity index (χ3v) is 2.95. The van der Waals surface area contributed by atoms with E-state index in [4.69, 9.17) is 16.3 Å². The molecule has 0 aromatic heterocycles. The van der Waals surface area contributed by atoms with Gasteiger partial charge in [-0.2, -0.15) is 0 Å². The molecular formula is C9H7BrClNO4. The number of alkyl halides is 1. The number of nitrogens with zero attached hydrogens (tertiary/aromatic N) is 1. The smallest absolute Gasteiger partial charge is 0.284 e. The summed E-state index contributed by atoms with van der Waals surface area (Å²) >= 11 is 8.44. The van der Waals surface area contributed by atoms with Crippen LogP contribution in [0.15, 0.2) is 16.6 Å². The summed E-state index contributed by atoms with van der Waals surface area (Å²) in [5, 5.41) is 10.7. The lowest BCUT2D eigenvalue weighted by atomic mass is 10.1. The maximum atomic E-state index is 11.5. The van der Waals surface area contributed by atoms with Gasteiger partial charge in [0.1, 0.15) is 10.2 Å². The maximum absolute atomic E-state index is 11.5. The monoisotopic (exact) mass is 307 g/mol. The number of hydrogen-bond acceptors (Lipinski definition) is 4. The Morgan fingerprint density at radius 1 is 1.62 bits per heavy atom. The van der Waals surface area contributed by atoms with E-state index in [9.17, 15) is 14.9 Å². The molecule has 0 aliphatic rings. The third kappa shape index (κ3) is 2.33. The van der Waals surface area contributed by atoms with Crippen LogP contribution in [-0.2, 0) is 0 Å². The minimum Gasteiger partial charge on any atom is -0.496 e. The van der Waals surface area contributed by atoms with Crippen LogP contribution in [0.25, 0.3) is 0 Å². The largest absolute Gasteiger partial charge is 0.496 e. The van der Waals surface area contributed by atoms with Crippen molar-refractivity contribution in [3.8, 4) is 5.75 Å². The van der Waals surface area contributed by atoms with E-state index >= 15 is 0 Å². The first-order valence-electron chi connectivity index (χ1n) is 4.13. The number of methoxy groups -OCH3 is 1. The molecule has 16 heavy (non-hydrogen) atoms. The molecule has 0 saturated heterocycles. The van der Waals surface area contributed by atoms with Crippen LogP contribution in [0.3, 0.4) is 0 Å². The number of carbonyl (C=O) groups is 1. The summed E-state index contributed by atoms with van der Waals surface area (Å²) in [6.07, 6.45) is 0. The molecule has 5 nitrogen and oxygen atoms in total. The molecule has 1 aromatic rings. The summed E-state index contributed by atoms with van der Waals surface area (Å²) in [4.78, 5) is 21.6. The molecule has 0 saturated carbocycles. The molecule has 0 fully saturated rings. The van der Waals surface area contributed by atoms with Gasteiger partial charge in [0.25, 0.3) is 5.69 Å². The number of rotatable bonds is 4. The molecule has 0 unspecified atom stereocenters. The van der Waals surface area contributed by atoms with Gasteiger partial charge in [-0.05, 0) is 22.0 Å². The number of nitro benzene ring substituents is 1. The fourth-order valence-electron chi connectivity index (χ4n) is 1.19. The van der Waals surface area contributed by atoms with E-state index in [2.05, 4.69) is 15.9 Å². The third-order valence-electron chi connectivity index (χ3n) is 1.90. The Morgan fingerprint density at radius 3 is 2.69 bits per heavy atom. The SMILES string of the molecule is COc1ccc([N+](=O)[O-])c(Br)c1C(=O)CCl. The molecule has 0 amide bonds. The Hall–Kier alpha value is -1.14. The first-order valence-corrected chi connectivity index (χ1v) is 5.45. The lowest BCUT2D eigenvalue weighted by molar-refractivity contribution is -0.385. The van der Waals surface area contributed by atoms with Crippen molar-refractivity contribution in [1.29, 1.82) is 0 Å². The van der Waals surface area contributed by atoms with E-state index in [1.165, 1.54) is 19.2 Å². The van der Waals surface area contributed by atoms with Gasteiger partial charge in [0.15, 0.2) is 5.78 Å². The quantitative estimate of drug-likeness (QED) is 0.371. The normalized spacial score (nSPS) is 9.94. The van der Waals surface area contributed by atoms with Crippen molar-refractivity contribution in [3.63, 3.8) is 0 Å². The number of carbonyl (C=O) groups excluding carboxylic acids is 1. The second-order valence-electron chi connectivity index (χ2n) is 2.79. The lowest BCUT2D eigenvalue weighted by Gasteiger charge is -2.08. The van der Waals surface area contributed by atoms with E-state index in [1.54, 1.807) is 0 Å². The van der Waals surface area contributed by atoms with Gasteiger partial charge < -0.3 is 4.74 Å². The summed E-state index contributed by atoms with van der Waals surface area (Å²) in [7, 11) is 1.37. The number of halogens is 2. The zero-order chi connectivity index (χ0) is 12.3. The van der Waals surface area contributed by atoms with Gasteiger partial charge in [-0.3, -0.25) is 14.9 Å². The van der Waals surface area contributed by atoms with Crippen LogP contribution in [0.5, 0.6) is 5.75 Å². The van der Waals surface area contributed by atoms with Gasteiger partial charge >= 0.3 is 0 Å². The van der Waals surface area contributed by atoms with Crippen molar-refractivity contribution in [1.82, 2.24) is 0 Å².